The number of rotatable bonds is 9. The standard InChI is InChI=1S/C14H23N3O3/c1-3-11(8-9-18)10-16-13-7-5-6-12(15-4-2)14(13)17(19)20/h5-7,11,15-16,18H,3-4,8-10H2,1-2H3. The van der Waals surface area contributed by atoms with Crippen molar-refractivity contribution in [2.45, 2.75) is 26.7 Å². The summed E-state index contributed by atoms with van der Waals surface area (Å²) < 4.78 is 0. The van der Waals surface area contributed by atoms with E-state index < -0.39 is 0 Å². The van der Waals surface area contributed by atoms with Gasteiger partial charge in [0.05, 0.1) is 4.92 Å². The SMILES string of the molecule is CCNc1cccc(NCC(CC)CCO)c1[N+](=O)[O-]. The highest BCUT2D eigenvalue weighted by atomic mass is 16.6. The Morgan fingerprint density at radius 3 is 2.45 bits per heavy atom. The maximum atomic E-state index is 11.2. The molecule has 1 rings (SSSR count). The predicted molar refractivity (Wildman–Crippen MR) is 81.2 cm³/mol. The van der Waals surface area contributed by atoms with Crippen molar-refractivity contribution in [1.82, 2.24) is 0 Å². The molecular weight excluding hydrogens is 258 g/mol. The first-order valence-corrected chi connectivity index (χ1v) is 7.00. The maximum absolute atomic E-state index is 11.2. The third-order valence-electron chi connectivity index (χ3n) is 3.28. The summed E-state index contributed by atoms with van der Waals surface area (Å²) in [6, 6.07) is 5.21. The third kappa shape index (κ3) is 4.38. The highest BCUT2D eigenvalue weighted by Gasteiger charge is 2.19. The summed E-state index contributed by atoms with van der Waals surface area (Å²) in [6.07, 6.45) is 1.62. The first-order valence-electron chi connectivity index (χ1n) is 7.00. The van der Waals surface area contributed by atoms with Crippen molar-refractivity contribution in [2.24, 2.45) is 5.92 Å². The van der Waals surface area contributed by atoms with Gasteiger partial charge in [0.2, 0.25) is 0 Å². The van der Waals surface area contributed by atoms with Crippen molar-refractivity contribution in [3.05, 3.63) is 28.3 Å². The number of hydrogen-bond acceptors (Lipinski definition) is 5. The fraction of sp³-hybridized carbons (Fsp3) is 0.571. The highest BCUT2D eigenvalue weighted by molar-refractivity contribution is 5.76. The molecule has 0 fully saturated rings. The number of aliphatic hydroxyl groups is 1. The van der Waals surface area contributed by atoms with Crippen molar-refractivity contribution in [2.75, 3.05) is 30.3 Å². The number of nitro benzene ring substituents is 1. The Bertz CT molecular complexity index is 438. The molecule has 6 nitrogen and oxygen atoms in total. The van der Waals surface area contributed by atoms with Crippen LogP contribution in [0.3, 0.4) is 0 Å². The molecule has 20 heavy (non-hydrogen) atoms. The molecule has 0 aliphatic heterocycles. The summed E-state index contributed by atoms with van der Waals surface area (Å²) in [5.41, 5.74) is 1.12. The number of aliphatic hydroxyl groups excluding tert-OH is 1. The Kier molecular flexibility index (Phi) is 6.79. The van der Waals surface area contributed by atoms with Gasteiger partial charge in [-0.25, -0.2) is 0 Å². The molecule has 1 atom stereocenters. The molecule has 0 radical (unpaired) electrons. The Hall–Kier alpha value is -1.82. The smallest absolute Gasteiger partial charge is 0.315 e. The van der Waals surface area contributed by atoms with E-state index in [0.29, 0.717) is 36.8 Å². The lowest BCUT2D eigenvalue weighted by atomic mass is 10.0. The summed E-state index contributed by atoms with van der Waals surface area (Å²) in [7, 11) is 0. The molecular formula is C14H23N3O3. The fourth-order valence-electron chi connectivity index (χ4n) is 2.10. The van der Waals surface area contributed by atoms with Gasteiger partial charge in [-0.2, -0.15) is 0 Å². The molecule has 0 aromatic heterocycles. The molecule has 0 bridgehead atoms. The van der Waals surface area contributed by atoms with E-state index in [4.69, 9.17) is 5.11 Å². The van der Waals surface area contributed by atoms with Gasteiger partial charge in [-0.3, -0.25) is 10.1 Å². The van der Waals surface area contributed by atoms with E-state index in [-0.39, 0.29) is 17.2 Å². The van der Waals surface area contributed by atoms with Gasteiger partial charge in [0.15, 0.2) is 0 Å². The molecule has 0 amide bonds. The van der Waals surface area contributed by atoms with Gasteiger partial charge in [-0.05, 0) is 31.4 Å². The van der Waals surface area contributed by atoms with Gasteiger partial charge >= 0.3 is 5.69 Å². The van der Waals surface area contributed by atoms with Crippen LogP contribution >= 0.6 is 0 Å². The van der Waals surface area contributed by atoms with Crippen LogP contribution in [0, 0.1) is 16.0 Å². The van der Waals surface area contributed by atoms with Crippen LogP contribution in [0.25, 0.3) is 0 Å². The summed E-state index contributed by atoms with van der Waals surface area (Å²) in [6.45, 7) is 5.34. The lowest BCUT2D eigenvalue weighted by molar-refractivity contribution is -0.383. The van der Waals surface area contributed by atoms with Crippen molar-refractivity contribution < 1.29 is 10.0 Å². The maximum Gasteiger partial charge on any atom is 0.315 e. The van der Waals surface area contributed by atoms with Crippen LogP contribution < -0.4 is 10.6 Å². The van der Waals surface area contributed by atoms with Gasteiger partial charge in [-0.1, -0.05) is 19.4 Å². The number of nitro groups is 1. The summed E-state index contributed by atoms with van der Waals surface area (Å²) >= 11 is 0. The van der Waals surface area contributed by atoms with Crippen LogP contribution in [0.1, 0.15) is 26.7 Å². The fourth-order valence-corrected chi connectivity index (χ4v) is 2.10. The average molecular weight is 281 g/mol. The summed E-state index contributed by atoms with van der Waals surface area (Å²) in [4.78, 5) is 10.9. The van der Waals surface area contributed by atoms with E-state index >= 15 is 0 Å². The van der Waals surface area contributed by atoms with E-state index in [1.807, 2.05) is 13.8 Å². The van der Waals surface area contributed by atoms with E-state index in [9.17, 15) is 10.1 Å². The number of nitrogens with zero attached hydrogens (tertiary/aromatic N) is 1. The summed E-state index contributed by atoms with van der Waals surface area (Å²) in [5.74, 6) is 0.308. The first kappa shape index (κ1) is 16.2. The summed E-state index contributed by atoms with van der Waals surface area (Å²) in [5, 5.41) is 26.4. The topological polar surface area (TPSA) is 87.4 Å². The van der Waals surface area contributed by atoms with Gasteiger partial charge in [0, 0.05) is 19.7 Å². The monoisotopic (exact) mass is 281 g/mol. The zero-order valence-corrected chi connectivity index (χ0v) is 12.1. The normalized spacial score (nSPS) is 11.9. The molecule has 0 aliphatic carbocycles. The van der Waals surface area contributed by atoms with Crippen molar-refractivity contribution in [3.63, 3.8) is 0 Å². The predicted octanol–water partition coefficient (Wildman–Crippen LogP) is 2.85. The average Bonchev–Trinajstić information content (AvgIpc) is 2.43. The van der Waals surface area contributed by atoms with Crippen LogP contribution in [-0.2, 0) is 0 Å². The van der Waals surface area contributed by atoms with E-state index in [1.165, 1.54) is 0 Å². The molecule has 1 aromatic carbocycles. The van der Waals surface area contributed by atoms with Crippen molar-refractivity contribution >= 4 is 17.1 Å². The minimum absolute atomic E-state index is 0.0770. The molecule has 1 aromatic rings. The molecule has 0 heterocycles. The van der Waals surface area contributed by atoms with Crippen LogP contribution in [0.2, 0.25) is 0 Å². The zero-order valence-electron chi connectivity index (χ0n) is 12.1. The van der Waals surface area contributed by atoms with Crippen molar-refractivity contribution in [1.29, 1.82) is 0 Å². The van der Waals surface area contributed by atoms with Crippen LogP contribution in [0.4, 0.5) is 17.1 Å². The number of nitrogens with one attached hydrogen (secondary N) is 2. The van der Waals surface area contributed by atoms with E-state index in [2.05, 4.69) is 10.6 Å². The Labute approximate surface area is 119 Å². The molecule has 6 heteroatoms. The highest BCUT2D eigenvalue weighted by Crippen LogP contribution is 2.32. The van der Waals surface area contributed by atoms with Gasteiger partial charge in [-0.15, -0.1) is 0 Å². The lowest BCUT2D eigenvalue weighted by Crippen LogP contribution is -2.16. The Morgan fingerprint density at radius 2 is 1.95 bits per heavy atom. The van der Waals surface area contributed by atoms with Crippen molar-refractivity contribution in [3.8, 4) is 0 Å². The number of para-hydroxylation sites is 1. The number of anilines is 2. The number of hydrogen-bond donors (Lipinski definition) is 3. The lowest BCUT2D eigenvalue weighted by Gasteiger charge is -2.16. The van der Waals surface area contributed by atoms with Crippen LogP contribution in [-0.4, -0.2) is 29.7 Å². The Morgan fingerprint density at radius 1 is 1.30 bits per heavy atom. The second-order valence-corrected chi connectivity index (χ2v) is 4.66. The molecule has 1 unspecified atom stereocenters. The minimum atomic E-state index is -0.368. The van der Waals surface area contributed by atoms with Gasteiger partial charge in [0.1, 0.15) is 11.4 Å². The largest absolute Gasteiger partial charge is 0.396 e. The molecule has 0 saturated carbocycles. The first-order chi connectivity index (χ1) is 9.63. The minimum Gasteiger partial charge on any atom is -0.396 e. The Balaban J connectivity index is 2.88. The van der Waals surface area contributed by atoms with Gasteiger partial charge < -0.3 is 15.7 Å². The number of benzene rings is 1. The van der Waals surface area contributed by atoms with E-state index in [1.54, 1.807) is 18.2 Å². The molecule has 0 saturated heterocycles. The van der Waals surface area contributed by atoms with Crippen LogP contribution in [0.5, 0.6) is 0 Å². The second-order valence-electron chi connectivity index (χ2n) is 4.66. The zero-order chi connectivity index (χ0) is 15.0. The van der Waals surface area contributed by atoms with Gasteiger partial charge in [0.25, 0.3) is 0 Å². The molecule has 0 spiro atoms. The molecule has 0 aliphatic rings. The third-order valence-corrected chi connectivity index (χ3v) is 3.28. The second kappa shape index (κ2) is 8.37. The van der Waals surface area contributed by atoms with E-state index in [0.717, 1.165) is 6.42 Å². The quantitative estimate of drug-likeness (QED) is 0.478. The molecule has 3 N–H and O–H groups in total. The van der Waals surface area contributed by atoms with Crippen LogP contribution in [0.15, 0.2) is 18.2 Å². The molecule has 112 valence electrons.